The Bertz CT molecular complexity index is 1210. The van der Waals surface area contributed by atoms with E-state index in [9.17, 15) is 8.42 Å². The van der Waals surface area contributed by atoms with Crippen molar-refractivity contribution in [3.05, 3.63) is 77.2 Å². The van der Waals surface area contributed by atoms with Crippen LogP contribution in [-0.2, 0) is 10.0 Å². The Morgan fingerprint density at radius 1 is 0.931 bits per heavy atom. The molecule has 10 heteroatoms. The Morgan fingerprint density at radius 2 is 1.72 bits per heavy atom. The smallest absolute Gasteiger partial charge is 0.263 e. The summed E-state index contributed by atoms with van der Waals surface area (Å²) in [5, 5.41) is 0.640. The van der Waals surface area contributed by atoms with E-state index in [-0.39, 0.29) is 20.1 Å². The summed E-state index contributed by atoms with van der Waals surface area (Å²) < 4.78 is 28.1. The molecule has 0 fully saturated rings. The van der Waals surface area contributed by atoms with E-state index < -0.39 is 10.0 Å². The second kappa shape index (κ2) is 8.08. The number of benzene rings is 1. The van der Waals surface area contributed by atoms with E-state index in [4.69, 9.17) is 23.2 Å². The molecule has 0 saturated carbocycles. The maximum Gasteiger partial charge on any atom is 0.263 e. The number of aromatic nitrogens is 3. The lowest BCUT2D eigenvalue weighted by atomic mass is 10.1. The van der Waals surface area contributed by atoms with Crippen LogP contribution in [0.3, 0.4) is 0 Å². The van der Waals surface area contributed by atoms with Crippen molar-refractivity contribution in [1.29, 1.82) is 0 Å². The van der Waals surface area contributed by atoms with Crippen LogP contribution in [0.15, 0.2) is 72.0 Å². The molecule has 1 aromatic carbocycles. The molecule has 6 nitrogen and oxygen atoms in total. The highest BCUT2D eigenvalue weighted by Gasteiger charge is 2.21. The van der Waals surface area contributed by atoms with Crippen molar-refractivity contribution in [3.63, 3.8) is 0 Å². The number of hydrogen-bond donors (Lipinski definition) is 1. The van der Waals surface area contributed by atoms with Crippen molar-refractivity contribution in [2.75, 3.05) is 4.72 Å². The molecule has 146 valence electrons. The van der Waals surface area contributed by atoms with Crippen molar-refractivity contribution in [2.24, 2.45) is 0 Å². The molecular formula is C19H12Cl2N4O2S2. The van der Waals surface area contributed by atoms with Crippen LogP contribution in [-0.4, -0.2) is 23.4 Å². The van der Waals surface area contributed by atoms with Gasteiger partial charge in [-0.2, -0.15) is 0 Å². The molecule has 0 unspecified atom stereocenters. The molecule has 0 aliphatic rings. The Morgan fingerprint density at radius 3 is 2.41 bits per heavy atom. The van der Waals surface area contributed by atoms with E-state index in [2.05, 4.69) is 19.7 Å². The van der Waals surface area contributed by atoms with E-state index in [0.29, 0.717) is 11.4 Å². The molecule has 4 rings (SSSR count). The Hall–Kier alpha value is -2.52. The summed E-state index contributed by atoms with van der Waals surface area (Å²) in [4.78, 5) is 13.6. The fourth-order valence-corrected chi connectivity index (χ4v) is 5.16. The third kappa shape index (κ3) is 4.25. The monoisotopic (exact) mass is 462 g/mol. The van der Waals surface area contributed by atoms with Crippen LogP contribution in [0.4, 0.5) is 5.13 Å². The van der Waals surface area contributed by atoms with Gasteiger partial charge in [-0.3, -0.25) is 14.7 Å². The number of thiazole rings is 1. The van der Waals surface area contributed by atoms with E-state index >= 15 is 0 Å². The topological polar surface area (TPSA) is 84.8 Å². The SMILES string of the molecule is O=S(=O)(Nc1nc(-c2ccccn2)c(-c2ccncc2)s1)c1ccc(Cl)c(Cl)c1. The van der Waals surface area contributed by atoms with Crippen LogP contribution in [0.5, 0.6) is 0 Å². The van der Waals surface area contributed by atoms with Crippen molar-refractivity contribution in [3.8, 4) is 21.8 Å². The lowest BCUT2D eigenvalue weighted by Crippen LogP contribution is -2.12. The average Bonchev–Trinajstić information content (AvgIpc) is 3.14. The summed E-state index contributed by atoms with van der Waals surface area (Å²) in [5.74, 6) is 0. The average molecular weight is 463 g/mol. The van der Waals surface area contributed by atoms with Gasteiger partial charge in [0.2, 0.25) is 0 Å². The van der Waals surface area contributed by atoms with Crippen LogP contribution in [0.2, 0.25) is 10.0 Å². The first kappa shape index (κ1) is 19.8. The van der Waals surface area contributed by atoms with Crippen LogP contribution < -0.4 is 4.72 Å². The number of rotatable bonds is 5. The fraction of sp³-hybridized carbons (Fsp3) is 0. The Labute approximate surface area is 181 Å². The summed E-state index contributed by atoms with van der Waals surface area (Å²) in [6, 6.07) is 13.2. The van der Waals surface area contributed by atoms with Crippen molar-refractivity contribution in [2.45, 2.75) is 4.90 Å². The van der Waals surface area contributed by atoms with E-state index in [1.165, 1.54) is 29.5 Å². The number of hydrogen-bond acceptors (Lipinski definition) is 6. The minimum absolute atomic E-state index is 0.00746. The van der Waals surface area contributed by atoms with Gasteiger partial charge < -0.3 is 0 Å². The number of sulfonamides is 1. The first-order valence-corrected chi connectivity index (χ1v) is 11.3. The number of anilines is 1. The van der Waals surface area contributed by atoms with Gasteiger partial charge >= 0.3 is 0 Å². The van der Waals surface area contributed by atoms with Crippen LogP contribution in [0.1, 0.15) is 0 Å². The number of halogens is 2. The summed E-state index contributed by atoms with van der Waals surface area (Å²) in [6.07, 6.45) is 4.98. The summed E-state index contributed by atoms with van der Waals surface area (Å²) in [6.45, 7) is 0. The molecule has 0 aliphatic heterocycles. The quantitative estimate of drug-likeness (QED) is 0.430. The standard InChI is InChI=1S/C19H12Cl2N4O2S2/c20-14-5-4-13(11-15(14)21)29(26,27)25-19-24-17(16-3-1-2-8-23-16)18(28-19)12-6-9-22-10-7-12/h1-11H,(H,24,25). The van der Waals surface area contributed by atoms with Gasteiger partial charge in [0.1, 0.15) is 5.69 Å². The molecule has 3 aromatic heterocycles. The zero-order chi connectivity index (χ0) is 20.4. The second-order valence-corrected chi connectivity index (χ2v) is 9.32. The summed E-state index contributed by atoms with van der Waals surface area (Å²) >= 11 is 13.1. The number of nitrogens with one attached hydrogen (secondary N) is 1. The second-order valence-electron chi connectivity index (χ2n) is 5.83. The third-order valence-corrected chi connectivity index (χ3v) is 7.12. The van der Waals surface area contributed by atoms with Gasteiger partial charge in [0.15, 0.2) is 5.13 Å². The van der Waals surface area contributed by atoms with Gasteiger partial charge in [-0.1, -0.05) is 40.6 Å². The van der Waals surface area contributed by atoms with Gasteiger partial charge in [-0.25, -0.2) is 13.4 Å². The van der Waals surface area contributed by atoms with Crippen molar-refractivity contribution in [1.82, 2.24) is 15.0 Å². The maximum absolute atomic E-state index is 12.8. The van der Waals surface area contributed by atoms with E-state index in [1.807, 2.05) is 24.3 Å². The van der Waals surface area contributed by atoms with Gasteiger partial charge in [0.05, 0.1) is 25.5 Å². The molecular weight excluding hydrogens is 451 g/mol. The Balaban J connectivity index is 1.77. The van der Waals surface area contributed by atoms with E-state index in [1.54, 1.807) is 24.7 Å². The molecule has 0 bridgehead atoms. The highest BCUT2D eigenvalue weighted by atomic mass is 35.5. The highest BCUT2D eigenvalue weighted by Crippen LogP contribution is 2.39. The largest absolute Gasteiger partial charge is 0.265 e. The summed E-state index contributed by atoms with van der Waals surface area (Å²) in [7, 11) is -3.90. The van der Waals surface area contributed by atoms with Gasteiger partial charge in [0.25, 0.3) is 10.0 Å². The zero-order valence-electron chi connectivity index (χ0n) is 14.6. The molecule has 0 aliphatic carbocycles. The minimum atomic E-state index is -3.90. The van der Waals surface area contributed by atoms with Crippen LogP contribution in [0, 0.1) is 0 Å². The Kier molecular flexibility index (Phi) is 5.51. The molecule has 29 heavy (non-hydrogen) atoms. The molecule has 0 amide bonds. The van der Waals surface area contributed by atoms with Crippen LogP contribution in [0.25, 0.3) is 21.8 Å². The molecule has 4 aromatic rings. The molecule has 0 saturated heterocycles. The van der Waals surface area contributed by atoms with Crippen molar-refractivity contribution >= 4 is 49.7 Å². The molecule has 0 radical (unpaired) electrons. The lowest BCUT2D eigenvalue weighted by molar-refractivity contribution is 0.601. The highest BCUT2D eigenvalue weighted by molar-refractivity contribution is 7.93. The summed E-state index contributed by atoms with van der Waals surface area (Å²) in [5.41, 5.74) is 2.07. The normalized spacial score (nSPS) is 11.4. The minimum Gasteiger partial charge on any atom is -0.265 e. The molecule has 0 atom stereocenters. The maximum atomic E-state index is 12.8. The van der Waals surface area contributed by atoms with Gasteiger partial charge in [-0.05, 0) is 48.0 Å². The van der Waals surface area contributed by atoms with Crippen molar-refractivity contribution < 1.29 is 8.42 Å². The fourth-order valence-electron chi connectivity index (χ4n) is 2.56. The number of nitrogens with zero attached hydrogens (tertiary/aromatic N) is 3. The lowest BCUT2D eigenvalue weighted by Gasteiger charge is -2.06. The first-order chi connectivity index (χ1) is 13.9. The third-order valence-electron chi connectivity index (χ3n) is 3.90. The van der Waals surface area contributed by atoms with E-state index in [0.717, 1.165) is 10.4 Å². The van der Waals surface area contributed by atoms with Gasteiger partial charge in [0, 0.05) is 18.6 Å². The predicted molar refractivity (Wildman–Crippen MR) is 116 cm³/mol. The predicted octanol–water partition coefficient (Wildman–Crippen LogP) is 5.37. The van der Waals surface area contributed by atoms with Crippen LogP contribution >= 0.6 is 34.5 Å². The van der Waals surface area contributed by atoms with Gasteiger partial charge in [-0.15, -0.1) is 0 Å². The number of pyridine rings is 2. The zero-order valence-corrected chi connectivity index (χ0v) is 17.7. The molecule has 3 heterocycles. The first-order valence-electron chi connectivity index (χ1n) is 8.24. The molecule has 1 N–H and O–H groups in total. The molecule has 0 spiro atoms.